The molecule has 34 heavy (non-hydrogen) atoms. The molecule has 0 saturated heterocycles. The van der Waals surface area contributed by atoms with Crippen molar-refractivity contribution in [2.24, 2.45) is 0 Å². The molecule has 1 amide bonds. The van der Waals surface area contributed by atoms with Crippen LogP contribution in [0.4, 0.5) is 18.9 Å². The molecule has 0 bridgehead atoms. The Bertz CT molecular complexity index is 1490. The van der Waals surface area contributed by atoms with Crippen molar-refractivity contribution >= 4 is 33.1 Å². The molecule has 0 aliphatic rings. The first-order valence-electron chi connectivity index (χ1n) is 10.1. The second-order valence-electron chi connectivity index (χ2n) is 7.32. The molecule has 0 aliphatic heterocycles. The first kappa shape index (κ1) is 23.2. The van der Waals surface area contributed by atoms with Gasteiger partial charge < -0.3 is 4.90 Å². The summed E-state index contributed by atoms with van der Waals surface area (Å²) in [6.07, 6.45) is -3.11. The lowest BCUT2D eigenvalue weighted by Crippen LogP contribution is -2.42. The summed E-state index contributed by atoms with van der Waals surface area (Å²) in [4.78, 5) is 41.1. The smallest absolute Gasteiger partial charge is 0.307 e. The largest absolute Gasteiger partial charge is 0.416 e. The highest BCUT2D eigenvalue weighted by atomic mass is 32.1. The van der Waals surface area contributed by atoms with E-state index in [0.717, 1.165) is 34.1 Å². The Morgan fingerprint density at radius 3 is 2.47 bits per heavy atom. The summed E-state index contributed by atoms with van der Waals surface area (Å²) < 4.78 is 41.6. The molecule has 0 radical (unpaired) electrons. The lowest BCUT2D eigenvalue weighted by molar-refractivity contribution is -0.137. The monoisotopic (exact) mass is 485 g/mol. The molecular weight excluding hydrogens is 467 g/mol. The van der Waals surface area contributed by atoms with Gasteiger partial charge in [-0.2, -0.15) is 13.2 Å². The van der Waals surface area contributed by atoms with Crippen LogP contribution in [0.15, 0.2) is 88.3 Å². The summed E-state index contributed by atoms with van der Waals surface area (Å²) in [7, 11) is 0. The second kappa shape index (κ2) is 9.14. The van der Waals surface area contributed by atoms with Crippen molar-refractivity contribution in [2.75, 3.05) is 11.4 Å². The highest BCUT2D eigenvalue weighted by Crippen LogP contribution is 2.30. The molecule has 0 unspecified atom stereocenters. The van der Waals surface area contributed by atoms with Gasteiger partial charge in [0, 0.05) is 12.2 Å². The fraction of sp³-hybridized carbons (Fsp3) is 0.125. The number of anilines is 1. The summed E-state index contributed by atoms with van der Waals surface area (Å²) >= 11 is 1.04. The Kier molecular flexibility index (Phi) is 6.25. The van der Waals surface area contributed by atoms with Gasteiger partial charge in [-0.05, 0) is 41.8 Å². The minimum absolute atomic E-state index is 0.153. The normalized spacial score (nSPS) is 11.5. The predicted molar refractivity (Wildman–Crippen MR) is 126 cm³/mol. The van der Waals surface area contributed by atoms with Gasteiger partial charge in [0.05, 0.1) is 16.8 Å². The Morgan fingerprint density at radius 1 is 1.06 bits per heavy atom. The molecular formula is C24H18F3N3O3S. The van der Waals surface area contributed by atoms with Gasteiger partial charge in [-0.25, -0.2) is 9.36 Å². The lowest BCUT2D eigenvalue weighted by atomic mass is 10.2. The van der Waals surface area contributed by atoms with E-state index in [9.17, 15) is 27.6 Å². The molecule has 0 aliphatic carbocycles. The van der Waals surface area contributed by atoms with Crippen LogP contribution < -0.4 is 16.1 Å². The van der Waals surface area contributed by atoms with Crippen LogP contribution in [0.25, 0.3) is 15.9 Å². The van der Waals surface area contributed by atoms with Crippen molar-refractivity contribution in [1.29, 1.82) is 0 Å². The molecule has 2 aromatic carbocycles. The summed E-state index contributed by atoms with van der Waals surface area (Å²) in [6, 6.07) is 14.3. The molecule has 2 aromatic heterocycles. The number of nitrogens with zero attached hydrogens (tertiary/aromatic N) is 3. The highest BCUT2D eigenvalue weighted by molar-refractivity contribution is 7.17. The maximum atomic E-state index is 13.4. The third-order valence-corrected chi connectivity index (χ3v) is 6.05. The number of amides is 1. The topological polar surface area (TPSA) is 64.3 Å². The van der Waals surface area contributed by atoms with Crippen LogP contribution >= 0.6 is 11.3 Å². The highest BCUT2D eigenvalue weighted by Gasteiger charge is 2.31. The van der Waals surface area contributed by atoms with E-state index in [1.165, 1.54) is 23.1 Å². The fourth-order valence-corrected chi connectivity index (χ4v) is 4.42. The minimum atomic E-state index is -4.65. The molecule has 0 spiro atoms. The van der Waals surface area contributed by atoms with Crippen LogP contribution in [0, 0.1) is 0 Å². The van der Waals surface area contributed by atoms with Crippen molar-refractivity contribution in [3.8, 4) is 5.69 Å². The number of aromatic nitrogens is 2. The average Bonchev–Trinajstić information content (AvgIpc) is 3.31. The van der Waals surface area contributed by atoms with Crippen LogP contribution in [-0.2, 0) is 17.5 Å². The summed E-state index contributed by atoms with van der Waals surface area (Å²) in [6.45, 7) is 3.43. The Balaban J connectivity index is 1.86. The number of alkyl halides is 3. The first-order chi connectivity index (χ1) is 16.2. The summed E-state index contributed by atoms with van der Waals surface area (Å²) in [5.41, 5.74) is -2.05. The standard InChI is InChI=1S/C24H18F3N3O3S/c1-2-12-28(17-8-4-3-5-9-17)20(31)15-29-19-11-13-34-21(19)22(32)30(23(29)33)18-10-6-7-16(14-18)24(25,26)27/h2-11,13-14H,1,12,15H2. The molecule has 0 atom stereocenters. The molecule has 0 saturated carbocycles. The van der Waals surface area contributed by atoms with Crippen LogP contribution in [0.3, 0.4) is 0 Å². The third-order valence-electron chi connectivity index (χ3n) is 5.16. The van der Waals surface area contributed by atoms with E-state index >= 15 is 0 Å². The van der Waals surface area contributed by atoms with Gasteiger partial charge >= 0.3 is 11.9 Å². The van der Waals surface area contributed by atoms with E-state index < -0.39 is 35.4 Å². The molecule has 4 aromatic rings. The lowest BCUT2D eigenvalue weighted by Gasteiger charge is -2.22. The van der Waals surface area contributed by atoms with E-state index in [1.54, 1.807) is 35.7 Å². The number of hydrogen-bond donors (Lipinski definition) is 0. The first-order valence-corrected chi connectivity index (χ1v) is 11.0. The number of hydrogen-bond acceptors (Lipinski definition) is 4. The van der Waals surface area contributed by atoms with Gasteiger partial charge in [0.2, 0.25) is 5.91 Å². The van der Waals surface area contributed by atoms with Crippen LogP contribution in [-0.4, -0.2) is 21.6 Å². The third kappa shape index (κ3) is 4.32. The van der Waals surface area contributed by atoms with Gasteiger partial charge in [0.15, 0.2) is 0 Å². The zero-order valence-corrected chi connectivity index (χ0v) is 18.5. The van der Waals surface area contributed by atoms with E-state index in [0.29, 0.717) is 10.3 Å². The molecule has 174 valence electrons. The number of carbonyl (C=O) groups excluding carboxylic acids is 1. The van der Waals surface area contributed by atoms with Gasteiger partial charge in [0.25, 0.3) is 5.56 Å². The quantitative estimate of drug-likeness (QED) is 0.379. The number of fused-ring (bicyclic) bond motifs is 1. The fourth-order valence-electron chi connectivity index (χ4n) is 3.60. The molecule has 10 heteroatoms. The average molecular weight is 485 g/mol. The molecule has 0 fully saturated rings. The van der Waals surface area contributed by atoms with Crippen molar-refractivity contribution in [3.05, 3.63) is 105 Å². The zero-order valence-electron chi connectivity index (χ0n) is 17.7. The molecule has 2 heterocycles. The SMILES string of the molecule is C=CCN(C(=O)Cn1c(=O)n(-c2cccc(C(F)(F)F)c2)c(=O)c2sccc21)c1ccccc1. The Morgan fingerprint density at radius 2 is 1.79 bits per heavy atom. The van der Waals surface area contributed by atoms with Crippen LogP contribution in [0.1, 0.15) is 5.56 Å². The number of carbonyl (C=O) groups is 1. The number of thiophene rings is 1. The van der Waals surface area contributed by atoms with E-state index in [1.807, 2.05) is 0 Å². The van der Waals surface area contributed by atoms with E-state index in [4.69, 9.17) is 0 Å². The maximum absolute atomic E-state index is 13.4. The summed E-state index contributed by atoms with van der Waals surface area (Å²) in [5, 5.41) is 1.58. The number of rotatable bonds is 6. The predicted octanol–water partition coefficient (Wildman–Crippen LogP) is 4.45. The Hall–Kier alpha value is -3.92. The van der Waals surface area contributed by atoms with Crippen LogP contribution in [0.5, 0.6) is 0 Å². The Labute approximate surface area is 195 Å². The van der Waals surface area contributed by atoms with Crippen molar-refractivity contribution in [2.45, 2.75) is 12.7 Å². The second-order valence-corrected chi connectivity index (χ2v) is 8.24. The maximum Gasteiger partial charge on any atom is 0.416 e. The number of halogens is 3. The molecule has 0 N–H and O–H groups in total. The van der Waals surface area contributed by atoms with Crippen molar-refractivity contribution in [3.63, 3.8) is 0 Å². The van der Waals surface area contributed by atoms with E-state index in [2.05, 4.69) is 6.58 Å². The van der Waals surface area contributed by atoms with Gasteiger partial charge in [-0.3, -0.25) is 14.2 Å². The summed E-state index contributed by atoms with van der Waals surface area (Å²) in [5.74, 6) is -0.449. The molecule has 4 rings (SSSR count). The zero-order chi connectivity index (χ0) is 24.5. The number of benzene rings is 2. The van der Waals surface area contributed by atoms with Gasteiger partial charge in [-0.1, -0.05) is 30.3 Å². The van der Waals surface area contributed by atoms with Crippen molar-refractivity contribution in [1.82, 2.24) is 9.13 Å². The van der Waals surface area contributed by atoms with Crippen molar-refractivity contribution < 1.29 is 18.0 Å². The van der Waals surface area contributed by atoms with E-state index in [-0.39, 0.29) is 22.4 Å². The van der Waals surface area contributed by atoms with Gasteiger partial charge in [-0.15, -0.1) is 17.9 Å². The minimum Gasteiger partial charge on any atom is -0.307 e. The van der Waals surface area contributed by atoms with Gasteiger partial charge in [0.1, 0.15) is 11.2 Å². The molecule has 6 nitrogen and oxygen atoms in total. The van der Waals surface area contributed by atoms with Crippen LogP contribution in [0.2, 0.25) is 0 Å². The number of para-hydroxylation sites is 1.